The van der Waals surface area contributed by atoms with E-state index in [9.17, 15) is 4.79 Å². The van der Waals surface area contributed by atoms with Gasteiger partial charge < -0.3 is 15.2 Å². The molecule has 0 unspecified atom stereocenters. The van der Waals surface area contributed by atoms with Crippen molar-refractivity contribution in [2.24, 2.45) is 0 Å². The first-order valence-electron chi connectivity index (χ1n) is 9.68. The van der Waals surface area contributed by atoms with Gasteiger partial charge in [-0.1, -0.05) is 11.6 Å². The second-order valence-electron chi connectivity index (χ2n) is 7.61. The van der Waals surface area contributed by atoms with Gasteiger partial charge in [0, 0.05) is 35.6 Å². The number of amides is 1. The maximum atomic E-state index is 12.9. The van der Waals surface area contributed by atoms with E-state index in [0.717, 1.165) is 53.6 Å². The van der Waals surface area contributed by atoms with Crippen LogP contribution in [0.15, 0.2) is 43.0 Å². The second kappa shape index (κ2) is 7.17. The van der Waals surface area contributed by atoms with Gasteiger partial charge in [-0.25, -0.2) is 9.50 Å². The predicted octanol–water partition coefficient (Wildman–Crippen LogP) is 3.36. The molecule has 0 spiro atoms. The molecule has 0 bridgehead atoms. The smallest absolute Gasteiger partial charge is 0.255 e. The number of likely N-dealkylation sites (tertiary alicyclic amines) is 1. The summed E-state index contributed by atoms with van der Waals surface area (Å²) in [6.45, 7) is 2.00. The minimum atomic E-state index is -0.0738. The Bertz CT molecular complexity index is 1200. The molecule has 0 aromatic carbocycles. The van der Waals surface area contributed by atoms with Gasteiger partial charge in [0.25, 0.3) is 5.91 Å². The normalized spacial score (nSPS) is 15.9. The lowest BCUT2D eigenvalue weighted by Gasteiger charge is -2.29. The van der Waals surface area contributed by atoms with Gasteiger partial charge in [-0.15, -0.1) is 0 Å². The molecular weight excluding hydrogens is 388 g/mol. The average Bonchev–Trinajstić information content (AvgIpc) is 3.33. The van der Waals surface area contributed by atoms with Gasteiger partial charge in [0.05, 0.1) is 22.3 Å². The lowest BCUT2D eigenvalue weighted by molar-refractivity contribution is 0.0918. The Labute approximate surface area is 172 Å². The molecule has 4 aromatic heterocycles. The molecule has 5 heterocycles. The van der Waals surface area contributed by atoms with Crippen LogP contribution in [-0.4, -0.2) is 56.6 Å². The summed E-state index contributed by atoms with van der Waals surface area (Å²) in [6.07, 6.45) is 8.97. The van der Waals surface area contributed by atoms with E-state index in [1.54, 1.807) is 16.9 Å². The van der Waals surface area contributed by atoms with Gasteiger partial charge in [-0.2, -0.15) is 5.10 Å². The molecule has 1 aliphatic rings. The minimum absolute atomic E-state index is 0.0738. The standard InChI is InChI=1S/C21H21ClN6O/c1-27-5-3-15(4-6-27)26-21(29)18-12-25-28-7-2-13(8-19(18)28)17-11-24-20-16(17)9-14(22)10-23-20/h2,7-12,15H,3-6H2,1H3,(H,23,24)(H,26,29). The van der Waals surface area contributed by atoms with Crippen molar-refractivity contribution >= 4 is 34.1 Å². The third-order valence-electron chi connectivity index (χ3n) is 5.63. The zero-order valence-electron chi connectivity index (χ0n) is 16.0. The van der Waals surface area contributed by atoms with E-state index in [1.165, 1.54) is 0 Å². The van der Waals surface area contributed by atoms with Crippen LogP contribution >= 0.6 is 11.6 Å². The lowest BCUT2D eigenvalue weighted by Crippen LogP contribution is -2.43. The Morgan fingerprint density at radius 2 is 2.10 bits per heavy atom. The highest BCUT2D eigenvalue weighted by molar-refractivity contribution is 6.31. The first-order valence-corrected chi connectivity index (χ1v) is 10.1. The molecule has 1 aliphatic heterocycles. The number of piperidine rings is 1. The molecule has 0 aliphatic carbocycles. The number of aromatic amines is 1. The molecule has 1 fully saturated rings. The molecule has 0 atom stereocenters. The van der Waals surface area contributed by atoms with Crippen LogP contribution in [0, 0.1) is 0 Å². The molecule has 1 saturated heterocycles. The van der Waals surface area contributed by atoms with Crippen LogP contribution < -0.4 is 5.32 Å². The number of hydrogen-bond acceptors (Lipinski definition) is 4. The summed E-state index contributed by atoms with van der Waals surface area (Å²) in [4.78, 5) is 22.7. The number of fused-ring (bicyclic) bond motifs is 2. The van der Waals surface area contributed by atoms with Crippen LogP contribution in [0.3, 0.4) is 0 Å². The Morgan fingerprint density at radius 1 is 1.28 bits per heavy atom. The number of nitrogens with zero attached hydrogens (tertiary/aromatic N) is 4. The number of H-pyrrole nitrogens is 1. The predicted molar refractivity (Wildman–Crippen MR) is 113 cm³/mol. The van der Waals surface area contributed by atoms with E-state index in [-0.39, 0.29) is 11.9 Å². The van der Waals surface area contributed by atoms with Crippen molar-refractivity contribution in [3.63, 3.8) is 0 Å². The van der Waals surface area contributed by atoms with Crippen molar-refractivity contribution in [2.75, 3.05) is 20.1 Å². The molecule has 7 nitrogen and oxygen atoms in total. The topological polar surface area (TPSA) is 78.3 Å². The number of aromatic nitrogens is 4. The lowest BCUT2D eigenvalue weighted by atomic mass is 10.0. The number of carbonyl (C=O) groups excluding carboxylic acids is 1. The summed E-state index contributed by atoms with van der Waals surface area (Å²) in [7, 11) is 2.11. The van der Waals surface area contributed by atoms with Gasteiger partial charge in [0.1, 0.15) is 5.65 Å². The number of halogens is 1. The monoisotopic (exact) mass is 408 g/mol. The van der Waals surface area contributed by atoms with Crippen LogP contribution in [0.4, 0.5) is 0 Å². The van der Waals surface area contributed by atoms with Crippen LogP contribution in [0.5, 0.6) is 0 Å². The van der Waals surface area contributed by atoms with Crippen molar-refractivity contribution in [3.8, 4) is 11.1 Å². The molecule has 8 heteroatoms. The summed E-state index contributed by atoms with van der Waals surface area (Å²) in [5, 5.41) is 9.05. The fraction of sp³-hybridized carbons (Fsp3) is 0.286. The van der Waals surface area contributed by atoms with E-state index >= 15 is 0 Å². The number of pyridine rings is 2. The summed E-state index contributed by atoms with van der Waals surface area (Å²) in [5.74, 6) is -0.0738. The van der Waals surface area contributed by atoms with Gasteiger partial charge >= 0.3 is 0 Å². The maximum absolute atomic E-state index is 12.9. The average molecular weight is 409 g/mol. The number of carbonyl (C=O) groups is 1. The molecule has 0 radical (unpaired) electrons. The summed E-state index contributed by atoms with van der Waals surface area (Å²) < 4.78 is 1.73. The Kier molecular flexibility index (Phi) is 4.49. The third kappa shape index (κ3) is 3.36. The van der Waals surface area contributed by atoms with E-state index < -0.39 is 0 Å². The highest BCUT2D eigenvalue weighted by Crippen LogP contribution is 2.30. The molecule has 4 aromatic rings. The highest BCUT2D eigenvalue weighted by Gasteiger charge is 2.21. The molecule has 0 saturated carbocycles. The van der Waals surface area contributed by atoms with Gasteiger partial charge in [-0.05, 0) is 56.7 Å². The maximum Gasteiger partial charge on any atom is 0.255 e. The van der Waals surface area contributed by atoms with Crippen molar-refractivity contribution in [3.05, 3.63) is 53.6 Å². The Hall–Kier alpha value is -2.90. The first-order chi connectivity index (χ1) is 14.1. The van der Waals surface area contributed by atoms with Crippen molar-refractivity contribution in [1.82, 2.24) is 29.8 Å². The molecule has 148 valence electrons. The zero-order chi connectivity index (χ0) is 20.0. The van der Waals surface area contributed by atoms with Crippen LogP contribution in [0.2, 0.25) is 5.02 Å². The Balaban J connectivity index is 1.48. The molecule has 29 heavy (non-hydrogen) atoms. The minimum Gasteiger partial charge on any atom is -0.349 e. The fourth-order valence-corrected chi connectivity index (χ4v) is 4.11. The highest BCUT2D eigenvalue weighted by atomic mass is 35.5. The van der Waals surface area contributed by atoms with Gasteiger partial charge in [0.15, 0.2) is 0 Å². The molecular formula is C21H21ClN6O. The largest absolute Gasteiger partial charge is 0.349 e. The Morgan fingerprint density at radius 3 is 2.93 bits per heavy atom. The van der Waals surface area contributed by atoms with Crippen molar-refractivity contribution in [2.45, 2.75) is 18.9 Å². The first kappa shape index (κ1) is 18.1. The molecule has 2 N–H and O–H groups in total. The van der Waals surface area contributed by atoms with Gasteiger partial charge in [-0.3, -0.25) is 4.79 Å². The summed E-state index contributed by atoms with van der Waals surface area (Å²) >= 11 is 6.13. The number of hydrogen-bond donors (Lipinski definition) is 2. The fourth-order valence-electron chi connectivity index (χ4n) is 3.96. The zero-order valence-corrected chi connectivity index (χ0v) is 16.8. The van der Waals surface area contributed by atoms with Crippen LogP contribution in [0.1, 0.15) is 23.2 Å². The number of nitrogens with one attached hydrogen (secondary N) is 2. The van der Waals surface area contributed by atoms with E-state index in [0.29, 0.717) is 10.6 Å². The van der Waals surface area contributed by atoms with E-state index in [1.807, 2.05) is 30.6 Å². The summed E-state index contributed by atoms with van der Waals surface area (Å²) in [6, 6.07) is 6.06. The van der Waals surface area contributed by atoms with Crippen molar-refractivity contribution < 1.29 is 4.79 Å². The van der Waals surface area contributed by atoms with Gasteiger partial charge in [0.2, 0.25) is 0 Å². The molecule has 5 rings (SSSR count). The van der Waals surface area contributed by atoms with E-state index in [2.05, 4.69) is 32.3 Å². The van der Waals surface area contributed by atoms with Crippen LogP contribution in [-0.2, 0) is 0 Å². The summed E-state index contributed by atoms with van der Waals surface area (Å²) in [5.41, 5.74) is 4.10. The van der Waals surface area contributed by atoms with E-state index in [4.69, 9.17) is 11.6 Å². The SMILES string of the molecule is CN1CCC(NC(=O)c2cnn3ccc(-c4c[nH]c5ncc(Cl)cc45)cc23)CC1. The number of rotatable bonds is 3. The second-order valence-corrected chi connectivity index (χ2v) is 8.04. The van der Waals surface area contributed by atoms with Crippen molar-refractivity contribution in [1.29, 1.82) is 0 Å². The van der Waals surface area contributed by atoms with Crippen LogP contribution in [0.25, 0.3) is 27.7 Å². The molecule has 1 amide bonds. The third-order valence-corrected chi connectivity index (χ3v) is 5.84. The quantitative estimate of drug-likeness (QED) is 0.545.